The van der Waals surface area contributed by atoms with Gasteiger partial charge in [-0.25, -0.2) is 0 Å². The van der Waals surface area contributed by atoms with E-state index in [4.69, 9.17) is 0 Å². The number of amides is 2. The second kappa shape index (κ2) is 7.20. The van der Waals surface area contributed by atoms with Crippen molar-refractivity contribution in [2.75, 3.05) is 19.6 Å². The van der Waals surface area contributed by atoms with Crippen LogP contribution in [0.2, 0.25) is 0 Å². The third-order valence-corrected chi connectivity index (χ3v) is 3.90. The van der Waals surface area contributed by atoms with Crippen LogP contribution >= 0.6 is 0 Å². The summed E-state index contributed by atoms with van der Waals surface area (Å²) >= 11 is 0. The number of hydrogen-bond donors (Lipinski definition) is 1. The van der Waals surface area contributed by atoms with Gasteiger partial charge in [0.15, 0.2) is 0 Å². The van der Waals surface area contributed by atoms with Crippen LogP contribution in [-0.2, 0) is 4.79 Å². The summed E-state index contributed by atoms with van der Waals surface area (Å²) in [5, 5.41) is 2.95. The molecule has 0 radical (unpaired) electrons. The first-order valence-electron chi connectivity index (χ1n) is 7.55. The van der Waals surface area contributed by atoms with Crippen LogP contribution in [0.5, 0.6) is 0 Å². The molecule has 2 heterocycles. The molecule has 1 aliphatic heterocycles. The molecule has 5 heteroatoms. The average molecular weight is 289 g/mol. The lowest BCUT2D eigenvalue weighted by atomic mass is 9.96. The molecule has 0 aromatic carbocycles. The van der Waals surface area contributed by atoms with E-state index in [9.17, 15) is 9.59 Å². The molecule has 2 rings (SSSR count). The van der Waals surface area contributed by atoms with Crippen LogP contribution in [0.1, 0.15) is 37.0 Å². The molecule has 0 spiro atoms. The first-order valence-corrected chi connectivity index (χ1v) is 7.55. The molecule has 0 saturated carbocycles. The molecule has 0 bridgehead atoms. The van der Waals surface area contributed by atoms with Crippen molar-refractivity contribution in [3.05, 3.63) is 30.1 Å². The number of nitrogens with one attached hydrogen (secondary N) is 1. The summed E-state index contributed by atoms with van der Waals surface area (Å²) in [7, 11) is 0. The highest BCUT2D eigenvalue weighted by atomic mass is 16.2. The van der Waals surface area contributed by atoms with Crippen molar-refractivity contribution in [2.24, 2.45) is 11.8 Å². The third kappa shape index (κ3) is 4.28. The molecular weight excluding hydrogens is 266 g/mol. The number of likely N-dealkylation sites (tertiary alicyclic amines) is 1. The number of piperidine rings is 1. The Labute approximate surface area is 125 Å². The highest BCUT2D eigenvalue weighted by Gasteiger charge is 2.24. The second-order valence-electron chi connectivity index (χ2n) is 5.88. The fourth-order valence-electron chi connectivity index (χ4n) is 2.56. The summed E-state index contributed by atoms with van der Waals surface area (Å²) in [6, 6.07) is 3.51. The molecule has 0 unspecified atom stereocenters. The number of nitrogens with zero attached hydrogens (tertiary/aromatic N) is 2. The standard InChI is InChI=1S/C16H23N3O2/c1-12(2)16(21)19-8-5-13(6-9-19)10-18-15(20)14-4-3-7-17-11-14/h3-4,7,11-13H,5-6,8-10H2,1-2H3,(H,18,20). The van der Waals surface area contributed by atoms with E-state index in [0.717, 1.165) is 25.9 Å². The molecule has 21 heavy (non-hydrogen) atoms. The van der Waals surface area contributed by atoms with E-state index in [1.165, 1.54) is 0 Å². The summed E-state index contributed by atoms with van der Waals surface area (Å²) in [5.74, 6) is 0.658. The summed E-state index contributed by atoms with van der Waals surface area (Å²) in [6.45, 7) is 6.12. The molecule has 0 aliphatic carbocycles. The predicted molar refractivity (Wildman–Crippen MR) is 80.7 cm³/mol. The Balaban J connectivity index is 1.74. The minimum Gasteiger partial charge on any atom is -0.352 e. The number of rotatable bonds is 4. The first kappa shape index (κ1) is 15.5. The largest absolute Gasteiger partial charge is 0.352 e. The van der Waals surface area contributed by atoms with E-state index in [2.05, 4.69) is 10.3 Å². The average Bonchev–Trinajstić information content (AvgIpc) is 2.53. The smallest absolute Gasteiger partial charge is 0.252 e. The van der Waals surface area contributed by atoms with Crippen LogP contribution in [0, 0.1) is 11.8 Å². The van der Waals surface area contributed by atoms with Crippen LogP contribution in [-0.4, -0.2) is 41.3 Å². The number of carbonyl (C=O) groups excluding carboxylic acids is 2. The van der Waals surface area contributed by atoms with Crippen LogP contribution in [0.3, 0.4) is 0 Å². The predicted octanol–water partition coefficient (Wildman–Crippen LogP) is 1.71. The van der Waals surface area contributed by atoms with Gasteiger partial charge in [-0.15, -0.1) is 0 Å². The summed E-state index contributed by atoms with van der Waals surface area (Å²) in [4.78, 5) is 29.7. The molecule has 5 nitrogen and oxygen atoms in total. The van der Waals surface area contributed by atoms with Gasteiger partial charge >= 0.3 is 0 Å². The van der Waals surface area contributed by atoms with Gasteiger partial charge in [0.1, 0.15) is 0 Å². The number of pyridine rings is 1. The Morgan fingerprint density at radius 3 is 2.67 bits per heavy atom. The zero-order valence-electron chi connectivity index (χ0n) is 12.7. The van der Waals surface area contributed by atoms with Gasteiger partial charge in [0.2, 0.25) is 5.91 Å². The maximum Gasteiger partial charge on any atom is 0.252 e. The number of carbonyl (C=O) groups is 2. The van der Waals surface area contributed by atoms with E-state index in [1.807, 2.05) is 18.7 Å². The van der Waals surface area contributed by atoms with Crippen molar-refractivity contribution < 1.29 is 9.59 Å². The highest BCUT2D eigenvalue weighted by molar-refractivity contribution is 5.93. The van der Waals surface area contributed by atoms with E-state index in [0.29, 0.717) is 18.0 Å². The molecule has 2 amide bonds. The fraction of sp³-hybridized carbons (Fsp3) is 0.562. The van der Waals surface area contributed by atoms with Crippen molar-refractivity contribution in [1.29, 1.82) is 0 Å². The van der Waals surface area contributed by atoms with Gasteiger partial charge in [0, 0.05) is 37.9 Å². The van der Waals surface area contributed by atoms with Crippen LogP contribution in [0.4, 0.5) is 0 Å². The van der Waals surface area contributed by atoms with Gasteiger partial charge in [0.25, 0.3) is 5.91 Å². The zero-order valence-corrected chi connectivity index (χ0v) is 12.7. The zero-order chi connectivity index (χ0) is 15.2. The molecule has 1 aliphatic rings. The van der Waals surface area contributed by atoms with Crippen LogP contribution in [0.15, 0.2) is 24.5 Å². The quantitative estimate of drug-likeness (QED) is 0.917. The maximum absolute atomic E-state index is 11.9. The van der Waals surface area contributed by atoms with Crippen molar-refractivity contribution in [1.82, 2.24) is 15.2 Å². The van der Waals surface area contributed by atoms with Gasteiger partial charge < -0.3 is 10.2 Å². The molecule has 0 atom stereocenters. The monoisotopic (exact) mass is 289 g/mol. The third-order valence-electron chi connectivity index (χ3n) is 3.90. The minimum absolute atomic E-state index is 0.0619. The number of hydrogen-bond acceptors (Lipinski definition) is 3. The van der Waals surface area contributed by atoms with Gasteiger partial charge in [-0.2, -0.15) is 0 Å². The van der Waals surface area contributed by atoms with E-state index >= 15 is 0 Å². The highest BCUT2D eigenvalue weighted by Crippen LogP contribution is 2.18. The van der Waals surface area contributed by atoms with Crippen molar-refractivity contribution >= 4 is 11.8 Å². The Kier molecular flexibility index (Phi) is 5.31. The van der Waals surface area contributed by atoms with E-state index in [-0.39, 0.29) is 17.7 Å². The van der Waals surface area contributed by atoms with Gasteiger partial charge in [-0.1, -0.05) is 13.8 Å². The molecule has 1 fully saturated rings. The van der Waals surface area contributed by atoms with E-state index in [1.54, 1.807) is 24.5 Å². The van der Waals surface area contributed by atoms with Crippen molar-refractivity contribution in [3.63, 3.8) is 0 Å². The molecular formula is C16H23N3O2. The maximum atomic E-state index is 11.9. The number of aromatic nitrogens is 1. The van der Waals surface area contributed by atoms with Gasteiger partial charge in [-0.3, -0.25) is 14.6 Å². The van der Waals surface area contributed by atoms with Gasteiger partial charge in [0.05, 0.1) is 5.56 Å². The lowest BCUT2D eigenvalue weighted by Gasteiger charge is -2.33. The van der Waals surface area contributed by atoms with Crippen molar-refractivity contribution in [2.45, 2.75) is 26.7 Å². The minimum atomic E-state index is -0.0798. The summed E-state index contributed by atoms with van der Waals surface area (Å²) in [5.41, 5.74) is 0.588. The molecule has 1 aromatic heterocycles. The Bertz CT molecular complexity index is 480. The summed E-state index contributed by atoms with van der Waals surface area (Å²) in [6.07, 6.45) is 5.12. The summed E-state index contributed by atoms with van der Waals surface area (Å²) < 4.78 is 0. The molecule has 1 aromatic rings. The molecule has 1 saturated heterocycles. The first-order chi connectivity index (χ1) is 10.1. The topological polar surface area (TPSA) is 62.3 Å². The van der Waals surface area contributed by atoms with E-state index < -0.39 is 0 Å². The Morgan fingerprint density at radius 1 is 1.38 bits per heavy atom. The lowest BCUT2D eigenvalue weighted by molar-refractivity contribution is -0.135. The SMILES string of the molecule is CC(C)C(=O)N1CCC(CNC(=O)c2cccnc2)CC1. The Hall–Kier alpha value is -1.91. The molecule has 1 N–H and O–H groups in total. The second-order valence-corrected chi connectivity index (χ2v) is 5.88. The molecule has 114 valence electrons. The van der Waals surface area contributed by atoms with Crippen LogP contribution < -0.4 is 5.32 Å². The van der Waals surface area contributed by atoms with Crippen molar-refractivity contribution in [3.8, 4) is 0 Å². The van der Waals surface area contributed by atoms with Gasteiger partial charge in [-0.05, 0) is 30.9 Å². The van der Waals surface area contributed by atoms with Crippen LogP contribution in [0.25, 0.3) is 0 Å². The lowest BCUT2D eigenvalue weighted by Crippen LogP contribution is -2.43. The Morgan fingerprint density at radius 2 is 2.10 bits per heavy atom. The normalized spacial score (nSPS) is 16.0. The fourth-order valence-corrected chi connectivity index (χ4v) is 2.56.